The van der Waals surface area contributed by atoms with Gasteiger partial charge in [0.1, 0.15) is 5.66 Å². The molecule has 0 atom stereocenters. The summed E-state index contributed by atoms with van der Waals surface area (Å²) in [6, 6.07) is 6.28. The van der Waals surface area contributed by atoms with Crippen molar-refractivity contribution in [3.05, 3.63) is 29.3 Å². The Labute approximate surface area is 132 Å². The molecule has 1 aromatic rings. The highest BCUT2D eigenvalue weighted by Crippen LogP contribution is 2.42. The van der Waals surface area contributed by atoms with E-state index in [0.717, 1.165) is 37.3 Å². The molecule has 0 unspecified atom stereocenters. The predicted octanol–water partition coefficient (Wildman–Crippen LogP) is 2.66. The minimum atomic E-state index is -0.376. The van der Waals surface area contributed by atoms with Crippen LogP contribution in [0.5, 0.6) is 0 Å². The molecule has 2 aliphatic rings. The third-order valence-electron chi connectivity index (χ3n) is 4.94. The highest BCUT2D eigenvalue weighted by atomic mass is 15.4. The molecule has 1 saturated carbocycles. The molecule has 22 heavy (non-hydrogen) atoms. The number of hydrogen-bond acceptors (Lipinski definition) is 5. The monoisotopic (exact) mass is 299 g/mol. The minimum absolute atomic E-state index is 0.301. The van der Waals surface area contributed by atoms with E-state index >= 15 is 0 Å². The van der Waals surface area contributed by atoms with Gasteiger partial charge in [0, 0.05) is 0 Å². The zero-order valence-corrected chi connectivity index (χ0v) is 13.6. The molecule has 5 nitrogen and oxygen atoms in total. The Morgan fingerprint density at radius 1 is 1.14 bits per heavy atom. The Morgan fingerprint density at radius 3 is 2.32 bits per heavy atom. The number of hydrogen-bond donors (Lipinski definition) is 2. The molecule has 118 valence electrons. The minimum Gasteiger partial charge on any atom is -0.369 e. The Hall–Kier alpha value is -2.04. The van der Waals surface area contributed by atoms with Crippen molar-refractivity contribution in [3.8, 4) is 0 Å². The van der Waals surface area contributed by atoms with Crippen LogP contribution in [0, 0.1) is 19.8 Å². The van der Waals surface area contributed by atoms with E-state index in [-0.39, 0.29) is 5.66 Å². The third-order valence-corrected chi connectivity index (χ3v) is 4.94. The van der Waals surface area contributed by atoms with Gasteiger partial charge >= 0.3 is 0 Å². The number of anilines is 1. The van der Waals surface area contributed by atoms with Gasteiger partial charge in [0.15, 0.2) is 0 Å². The predicted molar refractivity (Wildman–Crippen MR) is 92.0 cm³/mol. The van der Waals surface area contributed by atoms with Crippen LogP contribution >= 0.6 is 0 Å². The number of nitrogens with two attached hydrogens (primary N) is 2. The van der Waals surface area contributed by atoms with E-state index in [2.05, 4.69) is 48.9 Å². The average Bonchev–Trinajstić information content (AvgIpc) is 2.44. The number of rotatable bonds is 1. The second-order valence-electron chi connectivity index (χ2n) is 6.68. The van der Waals surface area contributed by atoms with Crippen molar-refractivity contribution < 1.29 is 0 Å². The Balaban J connectivity index is 2.12. The first-order chi connectivity index (χ1) is 10.4. The average molecular weight is 299 g/mol. The summed E-state index contributed by atoms with van der Waals surface area (Å²) in [6.45, 7) is 6.51. The second-order valence-corrected chi connectivity index (χ2v) is 6.68. The van der Waals surface area contributed by atoms with Gasteiger partial charge in [-0.1, -0.05) is 25.1 Å². The van der Waals surface area contributed by atoms with Crippen molar-refractivity contribution in [1.82, 2.24) is 0 Å². The molecule has 0 amide bonds. The maximum Gasteiger partial charge on any atom is 0.220 e. The molecule has 3 rings (SSSR count). The Morgan fingerprint density at radius 2 is 1.73 bits per heavy atom. The smallest absolute Gasteiger partial charge is 0.220 e. The number of para-hydroxylation sites is 1. The van der Waals surface area contributed by atoms with Crippen molar-refractivity contribution in [2.75, 3.05) is 4.90 Å². The van der Waals surface area contributed by atoms with Gasteiger partial charge in [0.25, 0.3) is 0 Å². The molecule has 1 aliphatic carbocycles. The highest BCUT2D eigenvalue weighted by Gasteiger charge is 2.44. The van der Waals surface area contributed by atoms with Crippen LogP contribution < -0.4 is 16.4 Å². The van der Waals surface area contributed by atoms with Crippen molar-refractivity contribution in [2.45, 2.75) is 52.1 Å². The molecule has 1 fully saturated rings. The molecule has 1 spiro atoms. The molecule has 0 saturated heterocycles. The SMILES string of the molecule is Cc1cccc(C)c1N1C(N)=NC(N)=NC12CCC(C)CC2. The first-order valence-corrected chi connectivity index (χ1v) is 7.99. The van der Waals surface area contributed by atoms with Crippen molar-refractivity contribution >= 4 is 17.6 Å². The summed E-state index contributed by atoms with van der Waals surface area (Å²) >= 11 is 0. The van der Waals surface area contributed by atoms with E-state index in [1.807, 2.05) is 0 Å². The fraction of sp³-hybridized carbons (Fsp3) is 0.529. The van der Waals surface area contributed by atoms with Gasteiger partial charge in [0.2, 0.25) is 11.9 Å². The van der Waals surface area contributed by atoms with Gasteiger partial charge in [-0.05, 0) is 56.6 Å². The summed E-state index contributed by atoms with van der Waals surface area (Å²) in [5.41, 5.74) is 15.4. The molecule has 5 heteroatoms. The van der Waals surface area contributed by atoms with Crippen molar-refractivity contribution in [1.29, 1.82) is 0 Å². The van der Waals surface area contributed by atoms with Crippen LogP contribution in [0.2, 0.25) is 0 Å². The molecule has 0 radical (unpaired) electrons. The van der Waals surface area contributed by atoms with Crippen molar-refractivity contribution in [2.24, 2.45) is 27.4 Å². The van der Waals surface area contributed by atoms with Gasteiger partial charge in [-0.2, -0.15) is 4.99 Å². The summed E-state index contributed by atoms with van der Waals surface area (Å²) in [4.78, 5) is 11.1. The molecule has 1 aliphatic heterocycles. The van der Waals surface area contributed by atoms with E-state index in [0.29, 0.717) is 11.9 Å². The summed E-state index contributed by atoms with van der Waals surface area (Å²) in [5, 5.41) is 0. The van der Waals surface area contributed by atoms with E-state index in [1.54, 1.807) is 0 Å². The highest BCUT2D eigenvalue weighted by molar-refractivity contribution is 6.06. The molecule has 0 aromatic heterocycles. The van der Waals surface area contributed by atoms with Gasteiger partial charge in [-0.15, -0.1) is 0 Å². The lowest BCUT2D eigenvalue weighted by molar-refractivity contribution is 0.252. The summed E-state index contributed by atoms with van der Waals surface area (Å²) in [7, 11) is 0. The van der Waals surface area contributed by atoms with Crippen LogP contribution in [0.1, 0.15) is 43.7 Å². The largest absolute Gasteiger partial charge is 0.369 e. The first-order valence-electron chi connectivity index (χ1n) is 7.99. The Bertz CT molecular complexity index is 618. The lowest BCUT2D eigenvalue weighted by Gasteiger charge is -2.47. The van der Waals surface area contributed by atoms with E-state index in [1.165, 1.54) is 11.1 Å². The zero-order chi connectivity index (χ0) is 15.9. The molecular weight excluding hydrogens is 274 g/mol. The maximum absolute atomic E-state index is 6.29. The number of aryl methyl sites for hydroxylation is 2. The van der Waals surface area contributed by atoms with Crippen molar-refractivity contribution in [3.63, 3.8) is 0 Å². The number of guanidine groups is 2. The number of aliphatic imine (C=N–C) groups is 2. The number of benzene rings is 1. The fourth-order valence-corrected chi connectivity index (χ4v) is 3.71. The van der Waals surface area contributed by atoms with Crippen LogP contribution in [-0.2, 0) is 0 Å². The molecule has 4 N–H and O–H groups in total. The number of nitrogens with zero attached hydrogens (tertiary/aromatic N) is 3. The quantitative estimate of drug-likeness (QED) is 0.836. The lowest BCUT2D eigenvalue weighted by Crippen LogP contribution is -2.59. The van der Waals surface area contributed by atoms with Gasteiger partial charge in [-0.25, -0.2) is 4.99 Å². The summed E-state index contributed by atoms with van der Waals surface area (Å²) < 4.78 is 0. The third kappa shape index (κ3) is 2.34. The van der Waals surface area contributed by atoms with E-state index in [9.17, 15) is 0 Å². The second kappa shape index (κ2) is 5.30. The van der Waals surface area contributed by atoms with Crippen LogP contribution in [0.25, 0.3) is 0 Å². The van der Waals surface area contributed by atoms with Crippen LogP contribution in [0.15, 0.2) is 28.2 Å². The molecule has 1 aromatic carbocycles. The first kappa shape index (κ1) is 14.9. The van der Waals surface area contributed by atoms with Gasteiger partial charge in [0.05, 0.1) is 5.69 Å². The molecule has 1 heterocycles. The van der Waals surface area contributed by atoms with Crippen LogP contribution in [0.4, 0.5) is 5.69 Å². The normalized spacial score (nSPS) is 28.5. The Kier molecular flexibility index (Phi) is 3.59. The summed E-state index contributed by atoms with van der Waals surface area (Å²) in [6.07, 6.45) is 4.18. The molecule has 0 bridgehead atoms. The van der Waals surface area contributed by atoms with Crippen LogP contribution in [-0.4, -0.2) is 17.6 Å². The van der Waals surface area contributed by atoms with E-state index in [4.69, 9.17) is 16.5 Å². The van der Waals surface area contributed by atoms with Gasteiger partial charge in [-0.3, -0.25) is 4.90 Å². The topological polar surface area (TPSA) is 80.0 Å². The zero-order valence-electron chi connectivity index (χ0n) is 13.6. The van der Waals surface area contributed by atoms with Gasteiger partial charge < -0.3 is 11.5 Å². The van der Waals surface area contributed by atoms with Crippen LogP contribution in [0.3, 0.4) is 0 Å². The van der Waals surface area contributed by atoms with E-state index < -0.39 is 0 Å². The molecular formula is C17H25N5. The summed E-state index contributed by atoms with van der Waals surface area (Å²) in [5.74, 6) is 1.48. The standard InChI is InChI=1S/C17H25N5/c1-11-7-9-17(10-8-11)21-15(18)20-16(19)22(17)14-12(2)5-4-6-13(14)3/h4-6,11H,7-10H2,1-3H3,(H4,18,19,20,21). The lowest BCUT2D eigenvalue weighted by atomic mass is 9.81. The fourth-order valence-electron chi connectivity index (χ4n) is 3.71. The maximum atomic E-state index is 6.29.